The third kappa shape index (κ3) is 1.72. The van der Waals surface area contributed by atoms with E-state index >= 15 is 0 Å². The van der Waals surface area contributed by atoms with Crippen LogP contribution in [0, 0.1) is 19.8 Å². The van der Waals surface area contributed by atoms with Crippen LogP contribution in [0.1, 0.15) is 40.6 Å². The van der Waals surface area contributed by atoms with Crippen molar-refractivity contribution >= 4 is 11.3 Å². The Morgan fingerprint density at radius 2 is 2.21 bits per heavy atom. The van der Waals surface area contributed by atoms with Gasteiger partial charge in [-0.2, -0.15) is 0 Å². The fourth-order valence-electron chi connectivity index (χ4n) is 1.98. The van der Waals surface area contributed by atoms with Gasteiger partial charge in [-0.25, -0.2) is 0 Å². The second kappa shape index (κ2) is 4.01. The highest BCUT2D eigenvalue weighted by molar-refractivity contribution is 7.12. The van der Waals surface area contributed by atoms with Crippen LogP contribution in [0.4, 0.5) is 0 Å². The van der Waals surface area contributed by atoms with E-state index in [9.17, 15) is 0 Å². The average Bonchev–Trinajstić information content (AvgIpc) is 2.39. The van der Waals surface area contributed by atoms with Gasteiger partial charge in [-0.05, 0) is 44.2 Å². The van der Waals surface area contributed by atoms with Gasteiger partial charge in [0.25, 0.3) is 0 Å². The van der Waals surface area contributed by atoms with Crippen molar-refractivity contribution in [2.45, 2.75) is 39.2 Å². The zero-order valence-electron chi connectivity index (χ0n) is 8.84. The number of nitrogens with one attached hydrogen (secondary N) is 1. The second-order valence-electron chi connectivity index (χ2n) is 4.22. The number of hydrazine groups is 1. The Labute approximate surface area is 89.5 Å². The van der Waals surface area contributed by atoms with E-state index in [1.165, 1.54) is 34.6 Å². The molecule has 1 aliphatic carbocycles. The Morgan fingerprint density at radius 3 is 2.57 bits per heavy atom. The molecule has 0 amide bonds. The molecule has 3 N–H and O–H groups in total. The second-order valence-corrected chi connectivity index (χ2v) is 5.51. The Hall–Kier alpha value is -0.380. The number of nitrogens with two attached hydrogens (primary N) is 1. The molecule has 1 unspecified atom stereocenters. The molecule has 3 heteroatoms. The van der Waals surface area contributed by atoms with Crippen LogP contribution < -0.4 is 11.3 Å². The Bertz CT molecular complexity index is 296. The fraction of sp³-hybridized carbons (Fsp3) is 0.636. The van der Waals surface area contributed by atoms with E-state index in [2.05, 4.69) is 25.3 Å². The molecule has 1 saturated carbocycles. The van der Waals surface area contributed by atoms with Crippen molar-refractivity contribution in [2.24, 2.45) is 11.8 Å². The lowest BCUT2D eigenvalue weighted by Crippen LogP contribution is -2.35. The highest BCUT2D eigenvalue weighted by atomic mass is 32.1. The van der Waals surface area contributed by atoms with E-state index in [-0.39, 0.29) is 0 Å². The minimum atomic E-state index is 0.390. The molecule has 1 heterocycles. The van der Waals surface area contributed by atoms with Crippen molar-refractivity contribution in [3.63, 3.8) is 0 Å². The first-order valence-corrected chi connectivity index (χ1v) is 6.07. The molecule has 0 saturated heterocycles. The predicted octanol–water partition coefficient (Wildman–Crippen LogP) is 2.67. The lowest BCUT2D eigenvalue weighted by atomic mass is 9.79. The Balaban J connectivity index is 2.17. The molecule has 14 heavy (non-hydrogen) atoms. The lowest BCUT2D eigenvalue weighted by molar-refractivity contribution is 0.235. The summed E-state index contributed by atoms with van der Waals surface area (Å²) in [5, 5.41) is 0. The van der Waals surface area contributed by atoms with Crippen LogP contribution in [0.2, 0.25) is 0 Å². The summed E-state index contributed by atoms with van der Waals surface area (Å²) in [6.45, 7) is 4.35. The Kier molecular flexibility index (Phi) is 2.91. The van der Waals surface area contributed by atoms with Crippen LogP contribution in [0.3, 0.4) is 0 Å². The third-order valence-electron chi connectivity index (χ3n) is 3.29. The minimum Gasteiger partial charge on any atom is -0.271 e. The summed E-state index contributed by atoms with van der Waals surface area (Å²) in [4.78, 5) is 2.83. The number of hydrogen-bond donors (Lipinski definition) is 2. The summed E-state index contributed by atoms with van der Waals surface area (Å²) in [7, 11) is 0. The quantitative estimate of drug-likeness (QED) is 0.594. The van der Waals surface area contributed by atoms with E-state index in [0.29, 0.717) is 6.04 Å². The van der Waals surface area contributed by atoms with Crippen LogP contribution in [0.25, 0.3) is 0 Å². The van der Waals surface area contributed by atoms with Crippen molar-refractivity contribution in [3.05, 3.63) is 21.4 Å². The van der Waals surface area contributed by atoms with Gasteiger partial charge in [0.05, 0.1) is 6.04 Å². The summed E-state index contributed by atoms with van der Waals surface area (Å²) in [6.07, 6.45) is 4.02. The maximum absolute atomic E-state index is 5.63. The van der Waals surface area contributed by atoms with Gasteiger partial charge in [-0.15, -0.1) is 11.3 Å². The molecule has 0 aromatic carbocycles. The standard InChI is InChI=1S/C11H18N2S/c1-7-6-10(14-8(7)2)11(13-12)9-4-3-5-9/h6,9,11,13H,3-5,12H2,1-2H3. The third-order valence-corrected chi connectivity index (χ3v) is 4.53. The van der Waals surface area contributed by atoms with Crippen LogP contribution in [-0.2, 0) is 0 Å². The number of thiophene rings is 1. The van der Waals surface area contributed by atoms with Gasteiger partial charge in [0, 0.05) is 9.75 Å². The fourth-order valence-corrected chi connectivity index (χ4v) is 3.18. The molecule has 2 rings (SSSR count). The molecule has 1 fully saturated rings. The molecule has 1 aromatic heterocycles. The maximum atomic E-state index is 5.63. The van der Waals surface area contributed by atoms with Gasteiger partial charge in [-0.3, -0.25) is 11.3 Å². The summed E-state index contributed by atoms with van der Waals surface area (Å²) in [5.41, 5.74) is 4.36. The van der Waals surface area contributed by atoms with Crippen molar-refractivity contribution in [2.75, 3.05) is 0 Å². The first kappa shape index (κ1) is 10.1. The topological polar surface area (TPSA) is 38.0 Å². The summed E-state index contributed by atoms with van der Waals surface area (Å²) < 4.78 is 0. The molecule has 1 atom stereocenters. The Morgan fingerprint density at radius 1 is 1.50 bits per heavy atom. The van der Waals surface area contributed by atoms with Gasteiger partial charge in [0.15, 0.2) is 0 Å². The zero-order valence-corrected chi connectivity index (χ0v) is 9.66. The van der Waals surface area contributed by atoms with Crippen molar-refractivity contribution < 1.29 is 0 Å². The van der Waals surface area contributed by atoms with E-state index in [1.54, 1.807) is 0 Å². The predicted molar refractivity (Wildman–Crippen MR) is 61.2 cm³/mol. The molecular formula is C11H18N2S. The van der Waals surface area contributed by atoms with E-state index < -0.39 is 0 Å². The van der Waals surface area contributed by atoms with Crippen molar-refractivity contribution in [3.8, 4) is 0 Å². The number of rotatable bonds is 3. The lowest BCUT2D eigenvalue weighted by Gasteiger charge is -2.32. The minimum absolute atomic E-state index is 0.390. The van der Waals surface area contributed by atoms with Crippen molar-refractivity contribution in [1.29, 1.82) is 0 Å². The summed E-state index contributed by atoms with van der Waals surface area (Å²) >= 11 is 1.88. The molecule has 0 aliphatic heterocycles. The largest absolute Gasteiger partial charge is 0.271 e. The molecular weight excluding hydrogens is 192 g/mol. The van der Waals surface area contributed by atoms with Crippen LogP contribution in [-0.4, -0.2) is 0 Å². The molecule has 0 spiro atoms. The van der Waals surface area contributed by atoms with Gasteiger partial charge >= 0.3 is 0 Å². The maximum Gasteiger partial charge on any atom is 0.0581 e. The van der Waals surface area contributed by atoms with Gasteiger partial charge in [0.2, 0.25) is 0 Å². The SMILES string of the molecule is Cc1cc(C(NN)C2CCC2)sc1C. The molecule has 0 bridgehead atoms. The van der Waals surface area contributed by atoms with Crippen LogP contribution in [0.15, 0.2) is 6.07 Å². The first-order valence-electron chi connectivity index (χ1n) is 5.25. The molecule has 0 radical (unpaired) electrons. The van der Waals surface area contributed by atoms with Gasteiger partial charge in [-0.1, -0.05) is 6.42 Å². The molecule has 1 aliphatic rings. The monoisotopic (exact) mass is 210 g/mol. The number of hydrogen-bond acceptors (Lipinski definition) is 3. The average molecular weight is 210 g/mol. The van der Waals surface area contributed by atoms with Crippen LogP contribution in [0.5, 0.6) is 0 Å². The van der Waals surface area contributed by atoms with Gasteiger partial charge in [0.1, 0.15) is 0 Å². The van der Waals surface area contributed by atoms with E-state index in [0.717, 1.165) is 5.92 Å². The van der Waals surface area contributed by atoms with E-state index in [4.69, 9.17) is 5.84 Å². The first-order chi connectivity index (χ1) is 6.72. The normalized spacial score (nSPS) is 19.4. The van der Waals surface area contributed by atoms with Crippen LogP contribution >= 0.6 is 11.3 Å². The highest BCUT2D eigenvalue weighted by Gasteiger charge is 2.28. The number of aryl methyl sites for hydroxylation is 2. The highest BCUT2D eigenvalue weighted by Crippen LogP contribution is 2.40. The zero-order chi connectivity index (χ0) is 10.1. The van der Waals surface area contributed by atoms with Gasteiger partial charge < -0.3 is 0 Å². The molecule has 1 aromatic rings. The van der Waals surface area contributed by atoms with Crippen molar-refractivity contribution in [1.82, 2.24) is 5.43 Å². The summed E-state index contributed by atoms with van der Waals surface area (Å²) in [5.74, 6) is 6.39. The summed E-state index contributed by atoms with van der Waals surface area (Å²) in [6, 6.07) is 2.67. The van der Waals surface area contributed by atoms with E-state index in [1.807, 2.05) is 11.3 Å². The molecule has 2 nitrogen and oxygen atoms in total. The molecule has 78 valence electrons. The smallest absolute Gasteiger partial charge is 0.0581 e.